The van der Waals surface area contributed by atoms with Gasteiger partial charge in [0.2, 0.25) is 0 Å². The Labute approximate surface area is 142 Å². The van der Waals surface area contributed by atoms with E-state index in [0.29, 0.717) is 12.1 Å². The largest absolute Gasteiger partial charge is 0.337 e. The molecule has 0 saturated carbocycles. The number of benzene rings is 1. The molecule has 124 valence electrons. The molecule has 1 saturated heterocycles. The van der Waals surface area contributed by atoms with Crippen molar-refractivity contribution in [3.8, 4) is 5.69 Å². The first-order valence-electron chi connectivity index (χ1n) is 7.74. The van der Waals surface area contributed by atoms with Crippen LogP contribution in [0.1, 0.15) is 34.6 Å². The summed E-state index contributed by atoms with van der Waals surface area (Å²) in [5.41, 5.74) is 9.33. The molecule has 0 bridgehead atoms. The Hall–Kier alpha value is -1.85. The third kappa shape index (κ3) is 3.41. The lowest BCUT2D eigenvalue weighted by Crippen LogP contribution is -2.46. The predicted octanol–water partition coefficient (Wildman–Crippen LogP) is 2.47. The van der Waals surface area contributed by atoms with Crippen LogP contribution in [0.5, 0.6) is 0 Å². The van der Waals surface area contributed by atoms with Crippen LogP contribution < -0.4 is 5.73 Å². The van der Waals surface area contributed by atoms with Crippen molar-refractivity contribution in [2.45, 2.75) is 32.7 Å². The molecule has 1 aromatic heterocycles. The summed E-state index contributed by atoms with van der Waals surface area (Å²) >= 11 is 0. The second kappa shape index (κ2) is 7.15. The van der Waals surface area contributed by atoms with Gasteiger partial charge >= 0.3 is 0 Å². The lowest BCUT2D eigenvalue weighted by atomic mass is 10.0. The zero-order valence-corrected chi connectivity index (χ0v) is 14.3. The third-order valence-corrected chi connectivity index (χ3v) is 4.25. The average Bonchev–Trinajstić information content (AvgIpc) is 2.82. The van der Waals surface area contributed by atoms with Crippen LogP contribution in [0.4, 0.5) is 0 Å². The van der Waals surface area contributed by atoms with Crippen molar-refractivity contribution in [2.75, 3.05) is 13.1 Å². The fraction of sp³-hybridized carbons (Fsp3) is 0.412. The number of halogens is 1. The van der Waals surface area contributed by atoms with Crippen LogP contribution in [0.25, 0.3) is 5.69 Å². The molecule has 0 radical (unpaired) electrons. The van der Waals surface area contributed by atoms with Crippen LogP contribution in [0.3, 0.4) is 0 Å². The lowest BCUT2D eigenvalue weighted by molar-refractivity contribution is 0.0707. The van der Waals surface area contributed by atoms with Crippen LogP contribution in [-0.2, 0) is 0 Å². The number of likely N-dealkylation sites (tertiary alicyclic amines) is 1. The number of rotatable bonds is 2. The number of para-hydroxylation sites is 1. The molecular formula is C17H23ClN4O. The molecule has 1 aliphatic heterocycles. The summed E-state index contributed by atoms with van der Waals surface area (Å²) in [5, 5.41) is 4.55. The first-order valence-corrected chi connectivity index (χ1v) is 7.74. The predicted molar refractivity (Wildman–Crippen MR) is 93.4 cm³/mol. The normalized spacial score (nSPS) is 17.7. The minimum Gasteiger partial charge on any atom is -0.337 e. The topological polar surface area (TPSA) is 64.2 Å². The van der Waals surface area contributed by atoms with Gasteiger partial charge in [0.1, 0.15) is 0 Å². The molecule has 1 unspecified atom stereocenters. The van der Waals surface area contributed by atoms with E-state index < -0.39 is 0 Å². The van der Waals surface area contributed by atoms with E-state index in [-0.39, 0.29) is 24.4 Å². The summed E-state index contributed by atoms with van der Waals surface area (Å²) in [6.07, 6.45) is 1.96. The number of carbonyl (C=O) groups excluding carboxylic acids is 1. The Balaban J connectivity index is 0.00000192. The first kappa shape index (κ1) is 17.5. The fourth-order valence-electron chi connectivity index (χ4n) is 3.13. The third-order valence-electron chi connectivity index (χ3n) is 4.25. The summed E-state index contributed by atoms with van der Waals surface area (Å²) in [4.78, 5) is 14.7. The Kier molecular flexibility index (Phi) is 5.44. The highest BCUT2D eigenvalue weighted by molar-refractivity contribution is 5.96. The zero-order valence-electron chi connectivity index (χ0n) is 13.5. The Bertz CT molecular complexity index is 683. The van der Waals surface area contributed by atoms with Crippen LogP contribution in [0.2, 0.25) is 0 Å². The number of aryl methyl sites for hydroxylation is 1. The van der Waals surface area contributed by atoms with E-state index >= 15 is 0 Å². The Morgan fingerprint density at radius 1 is 1.26 bits per heavy atom. The van der Waals surface area contributed by atoms with Crippen molar-refractivity contribution < 1.29 is 4.79 Å². The maximum atomic E-state index is 12.8. The van der Waals surface area contributed by atoms with Crippen molar-refractivity contribution in [1.29, 1.82) is 0 Å². The van der Waals surface area contributed by atoms with E-state index in [1.807, 2.05) is 53.8 Å². The molecule has 5 nitrogen and oxygen atoms in total. The number of amides is 1. The molecule has 2 heterocycles. The van der Waals surface area contributed by atoms with Gasteiger partial charge < -0.3 is 10.6 Å². The van der Waals surface area contributed by atoms with Gasteiger partial charge in [-0.3, -0.25) is 4.79 Å². The summed E-state index contributed by atoms with van der Waals surface area (Å²) in [6.45, 7) is 5.25. The van der Waals surface area contributed by atoms with Gasteiger partial charge in [0.25, 0.3) is 5.91 Å². The molecule has 6 heteroatoms. The molecule has 0 aliphatic carbocycles. The summed E-state index contributed by atoms with van der Waals surface area (Å²) in [6, 6.07) is 9.97. The number of hydrogen-bond donors (Lipinski definition) is 1. The highest BCUT2D eigenvalue weighted by Crippen LogP contribution is 2.21. The standard InChI is InChI=1S/C17H22N4O.ClH/c1-12-16(17(22)20-10-6-7-14(18)11-20)13(2)21(19-12)15-8-4-3-5-9-15;/h3-5,8-9,14H,6-7,10-11,18H2,1-2H3;1H. The van der Waals surface area contributed by atoms with Crippen molar-refractivity contribution in [3.05, 3.63) is 47.3 Å². The van der Waals surface area contributed by atoms with Crippen molar-refractivity contribution >= 4 is 18.3 Å². The van der Waals surface area contributed by atoms with Crippen molar-refractivity contribution in [2.24, 2.45) is 5.73 Å². The minimum atomic E-state index is 0. The van der Waals surface area contributed by atoms with Gasteiger partial charge in [-0.2, -0.15) is 5.10 Å². The number of nitrogens with zero attached hydrogens (tertiary/aromatic N) is 3. The zero-order chi connectivity index (χ0) is 15.7. The van der Waals surface area contributed by atoms with Gasteiger partial charge in [-0.1, -0.05) is 18.2 Å². The van der Waals surface area contributed by atoms with E-state index in [9.17, 15) is 4.79 Å². The van der Waals surface area contributed by atoms with Crippen LogP contribution in [-0.4, -0.2) is 39.7 Å². The number of aromatic nitrogens is 2. The monoisotopic (exact) mass is 334 g/mol. The van der Waals surface area contributed by atoms with Gasteiger partial charge in [-0.25, -0.2) is 4.68 Å². The van der Waals surface area contributed by atoms with Crippen LogP contribution in [0, 0.1) is 13.8 Å². The van der Waals surface area contributed by atoms with Crippen molar-refractivity contribution in [3.63, 3.8) is 0 Å². The molecule has 23 heavy (non-hydrogen) atoms. The molecule has 1 amide bonds. The Morgan fingerprint density at radius 3 is 2.61 bits per heavy atom. The van der Waals surface area contributed by atoms with Gasteiger partial charge in [0, 0.05) is 19.1 Å². The number of piperidine rings is 1. The molecule has 3 rings (SSSR count). The van der Waals surface area contributed by atoms with E-state index in [1.165, 1.54) is 0 Å². The quantitative estimate of drug-likeness (QED) is 0.917. The number of carbonyl (C=O) groups is 1. The fourth-order valence-corrected chi connectivity index (χ4v) is 3.13. The van der Waals surface area contributed by atoms with Crippen molar-refractivity contribution in [1.82, 2.24) is 14.7 Å². The number of nitrogens with two attached hydrogens (primary N) is 1. The highest BCUT2D eigenvalue weighted by atomic mass is 35.5. The number of hydrogen-bond acceptors (Lipinski definition) is 3. The average molecular weight is 335 g/mol. The van der Waals surface area contributed by atoms with Gasteiger partial charge in [0.05, 0.1) is 22.6 Å². The molecule has 2 N–H and O–H groups in total. The van der Waals surface area contributed by atoms with Gasteiger partial charge in [-0.15, -0.1) is 12.4 Å². The second-order valence-electron chi connectivity index (χ2n) is 5.95. The minimum absolute atomic E-state index is 0. The van der Waals surface area contributed by atoms with Crippen LogP contribution >= 0.6 is 12.4 Å². The maximum absolute atomic E-state index is 12.8. The molecular weight excluding hydrogens is 312 g/mol. The molecule has 1 aliphatic rings. The SMILES string of the molecule is Cc1nn(-c2ccccc2)c(C)c1C(=O)N1CCCC(N)C1.Cl. The van der Waals surface area contributed by atoms with E-state index in [0.717, 1.165) is 36.5 Å². The van der Waals surface area contributed by atoms with Crippen LogP contribution in [0.15, 0.2) is 30.3 Å². The van der Waals surface area contributed by atoms with E-state index in [4.69, 9.17) is 5.73 Å². The summed E-state index contributed by atoms with van der Waals surface area (Å²) in [7, 11) is 0. The lowest BCUT2D eigenvalue weighted by Gasteiger charge is -2.30. The Morgan fingerprint density at radius 2 is 1.96 bits per heavy atom. The first-order chi connectivity index (χ1) is 10.6. The molecule has 1 fully saturated rings. The molecule has 2 aromatic rings. The molecule has 1 atom stereocenters. The smallest absolute Gasteiger partial charge is 0.257 e. The maximum Gasteiger partial charge on any atom is 0.257 e. The van der Waals surface area contributed by atoms with E-state index in [1.54, 1.807) is 0 Å². The highest BCUT2D eigenvalue weighted by Gasteiger charge is 2.27. The molecule has 0 spiro atoms. The van der Waals surface area contributed by atoms with Gasteiger partial charge in [-0.05, 0) is 38.8 Å². The van der Waals surface area contributed by atoms with E-state index in [2.05, 4.69) is 5.10 Å². The summed E-state index contributed by atoms with van der Waals surface area (Å²) in [5.74, 6) is 0.0485. The molecule has 1 aromatic carbocycles. The van der Waals surface area contributed by atoms with Gasteiger partial charge in [0.15, 0.2) is 0 Å². The summed E-state index contributed by atoms with van der Waals surface area (Å²) < 4.78 is 1.84. The second-order valence-corrected chi connectivity index (χ2v) is 5.95.